The molecule has 2 heterocycles. The van der Waals surface area contributed by atoms with E-state index in [9.17, 15) is 14.4 Å². The number of aryl methyl sites for hydroxylation is 1. The van der Waals surface area contributed by atoms with Crippen molar-refractivity contribution >= 4 is 51.8 Å². The highest BCUT2D eigenvalue weighted by Crippen LogP contribution is 2.40. The molecule has 0 saturated carbocycles. The van der Waals surface area contributed by atoms with E-state index in [1.807, 2.05) is 25.1 Å². The first-order chi connectivity index (χ1) is 16.1. The molecule has 176 valence electrons. The average Bonchev–Trinajstić information content (AvgIpc) is 3.02. The van der Waals surface area contributed by atoms with E-state index in [0.717, 1.165) is 45.6 Å². The number of amides is 3. The molecule has 1 saturated heterocycles. The highest BCUT2D eigenvalue weighted by Gasteiger charge is 2.36. The molecule has 1 fully saturated rings. The van der Waals surface area contributed by atoms with Gasteiger partial charge in [-0.15, -0.1) is 0 Å². The maximum Gasteiger partial charge on any atom is 0.294 e. The van der Waals surface area contributed by atoms with Crippen LogP contribution in [-0.2, 0) is 9.59 Å². The lowest BCUT2D eigenvalue weighted by molar-refractivity contribution is -0.127. The fourth-order valence-corrected chi connectivity index (χ4v) is 5.38. The van der Waals surface area contributed by atoms with E-state index in [1.165, 1.54) is 5.57 Å². The monoisotopic (exact) mass is 475 g/mol. The van der Waals surface area contributed by atoms with Crippen LogP contribution in [0.1, 0.15) is 44.4 Å². The summed E-state index contributed by atoms with van der Waals surface area (Å²) in [6.45, 7) is 11.1. The van der Waals surface area contributed by atoms with E-state index >= 15 is 0 Å². The number of allylic oxidation sites excluding steroid dienone is 1. The summed E-state index contributed by atoms with van der Waals surface area (Å²) in [5, 5.41) is 2.29. The zero-order valence-electron chi connectivity index (χ0n) is 20.1. The van der Waals surface area contributed by atoms with Gasteiger partial charge < -0.3 is 10.2 Å². The number of thioether (sulfide) groups is 1. The number of carbonyl (C=O) groups is 3. The maximum atomic E-state index is 12.9. The number of anilines is 2. The molecule has 2 aromatic carbocycles. The van der Waals surface area contributed by atoms with Crippen molar-refractivity contribution in [3.05, 3.63) is 70.1 Å². The van der Waals surface area contributed by atoms with E-state index in [1.54, 1.807) is 18.2 Å². The average molecular weight is 476 g/mol. The summed E-state index contributed by atoms with van der Waals surface area (Å²) >= 11 is 0.863. The van der Waals surface area contributed by atoms with Crippen LogP contribution in [0.2, 0.25) is 0 Å². The first-order valence-corrected chi connectivity index (χ1v) is 12.1. The number of fused-ring (bicyclic) bond motifs is 1. The Kier molecular flexibility index (Phi) is 6.41. The topological polar surface area (TPSA) is 69.7 Å². The van der Waals surface area contributed by atoms with Gasteiger partial charge in [0, 0.05) is 23.5 Å². The van der Waals surface area contributed by atoms with Gasteiger partial charge in [-0.3, -0.25) is 19.3 Å². The third kappa shape index (κ3) is 4.66. The summed E-state index contributed by atoms with van der Waals surface area (Å²) in [7, 11) is 0. The summed E-state index contributed by atoms with van der Waals surface area (Å²) in [5.41, 5.74) is 5.93. The molecule has 0 spiro atoms. The summed E-state index contributed by atoms with van der Waals surface area (Å²) in [5.74, 6) is -0.862. The highest BCUT2D eigenvalue weighted by molar-refractivity contribution is 8.18. The molecule has 2 aliphatic rings. The smallest absolute Gasteiger partial charge is 0.294 e. The third-order valence-corrected chi connectivity index (χ3v) is 7.03. The molecule has 1 N–H and O–H groups in total. The molecule has 0 unspecified atom stereocenters. The van der Waals surface area contributed by atoms with Gasteiger partial charge in [0.2, 0.25) is 5.91 Å². The van der Waals surface area contributed by atoms with Crippen LogP contribution in [0.5, 0.6) is 0 Å². The van der Waals surface area contributed by atoms with Crippen molar-refractivity contribution in [3.63, 3.8) is 0 Å². The minimum Gasteiger partial charge on any atom is -0.363 e. The lowest BCUT2D eigenvalue weighted by Gasteiger charge is -2.42. The minimum absolute atomic E-state index is 0.0742. The first-order valence-electron chi connectivity index (χ1n) is 11.3. The Bertz CT molecular complexity index is 1230. The minimum atomic E-state index is -0.449. The maximum absolute atomic E-state index is 12.9. The van der Waals surface area contributed by atoms with Gasteiger partial charge in [0.25, 0.3) is 11.1 Å². The third-order valence-electron chi connectivity index (χ3n) is 6.13. The van der Waals surface area contributed by atoms with Gasteiger partial charge >= 0.3 is 0 Å². The quantitative estimate of drug-likeness (QED) is 0.563. The Labute approximate surface area is 204 Å². The Hall–Kier alpha value is -3.32. The number of nitrogens with one attached hydrogen (secondary N) is 1. The fourth-order valence-electron chi connectivity index (χ4n) is 4.54. The normalized spacial score (nSPS) is 18.3. The number of nitrogens with zero attached hydrogens (tertiary/aromatic N) is 2. The van der Waals surface area contributed by atoms with Crippen molar-refractivity contribution in [3.8, 4) is 0 Å². The van der Waals surface area contributed by atoms with Crippen molar-refractivity contribution in [2.75, 3.05) is 23.3 Å². The van der Waals surface area contributed by atoms with Crippen LogP contribution in [0, 0.1) is 6.92 Å². The molecule has 3 amide bonds. The van der Waals surface area contributed by atoms with E-state index in [0.29, 0.717) is 10.6 Å². The van der Waals surface area contributed by atoms with E-state index < -0.39 is 17.1 Å². The SMILES string of the molecule is CCN1c2ccc(/C=C3\SC(=O)N(CC(=O)Nc4ccc(C)cc4)C3=O)cc2C(C)=CC1(C)C. The molecule has 2 aromatic rings. The Morgan fingerprint density at radius 3 is 2.47 bits per heavy atom. The Morgan fingerprint density at radius 2 is 1.79 bits per heavy atom. The largest absolute Gasteiger partial charge is 0.363 e. The fraction of sp³-hybridized carbons (Fsp3) is 0.296. The van der Waals surface area contributed by atoms with Crippen LogP contribution >= 0.6 is 11.8 Å². The molecular formula is C27H29N3O3S. The predicted molar refractivity (Wildman–Crippen MR) is 140 cm³/mol. The number of carbonyl (C=O) groups excluding carboxylic acids is 3. The summed E-state index contributed by atoms with van der Waals surface area (Å²) in [4.78, 5) is 41.5. The van der Waals surface area contributed by atoms with Crippen LogP contribution in [0.4, 0.5) is 16.2 Å². The zero-order valence-corrected chi connectivity index (χ0v) is 21.0. The number of imide groups is 1. The number of hydrogen-bond acceptors (Lipinski definition) is 5. The van der Waals surface area contributed by atoms with Gasteiger partial charge in [-0.05, 0) is 87.9 Å². The molecule has 34 heavy (non-hydrogen) atoms. The van der Waals surface area contributed by atoms with Crippen molar-refractivity contribution in [2.45, 2.75) is 40.2 Å². The molecule has 0 bridgehead atoms. The predicted octanol–water partition coefficient (Wildman–Crippen LogP) is 5.69. The van der Waals surface area contributed by atoms with Crippen molar-refractivity contribution in [1.82, 2.24) is 4.90 Å². The molecule has 0 radical (unpaired) electrons. The Balaban J connectivity index is 1.52. The molecule has 2 aliphatic heterocycles. The van der Waals surface area contributed by atoms with Crippen LogP contribution in [0.15, 0.2) is 53.4 Å². The number of rotatable bonds is 5. The van der Waals surface area contributed by atoms with Gasteiger partial charge in [-0.2, -0.15) is 0 Å². The molecule has 6 nitrogen and oxygen atoms in total. The second-order valence-corrected chi connectivity index (χ2v) is 10.2. The van der Waals surface area contributed by atoms with Gasteiger partial charge in [0.15, 0.2) is 0 Å². The Morgan fingerprint density at radius 1 is 1.09 bits per heavy atom. The van der Waals surface area contributed by atoms with Gasteiger partial charge in [0.05, 0.1) is 10.4 Å². The lowest BCUT2D eigenvalue weighted by Crippen LogP contribution is -2.44. The van der Waals surface area contributed by atoms with Crippen LogP contribution in [0.25, 0.3) is 11.6 Å². The number of likely N-dealkylation sites (N-methyl/N-ethyl adjacent to an activating group) is 1. The van der Waals surface area contributed by atoms with Gasteiger partial charge in [-0.1, -0.05) is 29.8 Å². The molecule has 0 aliphatic carbocycles. The molecule has 0 aromatic heterocycles. The molecule has 4 rings (SSSR count). The molecular weight excluding hydrogens is 446 g/mol. The molecule has 0 atom stereocenters. The van der Waals surface area contributed by atoms with Crippen LogP contribution < -0.4 is 10.2 Å². The molecule has 7 heteroatoms. The standard InChI is InChI=1S/C27H29N3O3S/c1-6-30-22-12-9-19(13-21(22)18(3)15-27(30,4)5)14-23-25(32)29(26(33)34-23)16-24(31)28-20-10-7-17(2)8-11-20/h7-15H,6,16H2,1-5H3,(H,28,31)/b23-14-. The van der Waals surface area contributed by atoms with Gasteiger partial charge in [-0.25, -0.2) is 0 Å². The summed E-state index contributed by atoms with van der Waals surface area (Å²) < 4.78 is 0. The summed E-state index contributed by atoms with van der Waals surface area (Å²) in [6, 6.07) is 13.4. The van der Waals surface area contributed by atoms with Crippen molar-refractivity contribution in [2.24, 2.45) is 0 Å². The lowest BCUT2D eigenvalue weighted by atomic mass is 9.88. The van der Waals surface area contributed by atoms with E-state index in [4.69, 9.17) is 0 Å². The number of benzene rings is 2. The van der Waals surface area contributed by atoms with Crippen LogP contribution in [-0.4, -0.2) is 40.6 Å². The zero-order chi connectivity index (χ0) is 24.6. The second kappa shape index (κ2) is 9.14. The van der Waals surface area contributed by atoms with Crippen LogP contribution in [0.3, 0.4) is 0 Å². The van der Waals surface area contributed by atoms with E-state index in [-0.39, 0.29) is 12.1 Å². The van der Waals surface area contributed by atoms with Crippen molar-refractivity contribution in [1.29, 1.82) is 0 Å². The second-order valence-electron chi connectivity index (χ2n) is 9.18. The van der Waals surface area contributed by atoms with Gasteiger partial charge in [0.1, 0.15) is 6.54 Å². The number of hydrogen-bond donors (Lipinski definition) is 1. The summed E-state index contributed by atoms with van der Waals surface area (Å²) in [6.07, 6.45) is 3.98. The first kappa shape index (κ1) is 23.8. The van der Waals surface area contributed by atoms with E-state index in [2.05, 4.69) is 56.1 Å². The highest BCUT2D eigenvalue weighted by atomic mass is 32.2. The van der Waals surface area contributed by atoms with Crippen molar-refractivity contribution < 1.29 is 14.4 Å².